The first-order valence-corrected chi connectivity index (χ1v) is 16.7. The second-order valence-corrected chi connectivity index (χ2v) is 14.7. The molecule has 0 saturated heterocycles. The minimum atomic E-state index is -4.30. The Labute approximate surface area is 287 Å². The van der Waals surface area contributed by atoms with Gasteiger partial charge in [-0.25, -0.2) is 4.79 Å². The lowest BCUT2D eigenvalue weighted by Crippen LogP contribution is -2.23. The maximum atomic E-state index is 13.0. The van der Waals surface area contributed by atoms with Crippen molar-refractivity contribution >= 4 is 17.0 Å². The molecule has 0 radical (unpaired) electrons. The summed E-state index contributed by atoms with van der Waals surface area (Å²) in [6.07, 6.45) is -0.153. The van der Waals surface area contributed by atoms with Crippen LogP contribution in [-0.4, -0.2) is 40.1 Å². The van der Waals surface area contributed by atoms with Crippen molar-refractivity contribution in [3.63, 3.8) is 0 Å². The first kappa shape index (κ1) is 39.3. The lowest BCUT2D eigenvalue weighted by molar-refractivity contribution is -0.137. The Bertz CT molecular complexity index is 1710. The number of alkyl halides is 3. The molecular formula is C37H53F3N8O. The van der Waals surface area contributed by atoms with Gasteiger partial charge in [0.1, 0.15) is 5.65 Å². The monoisotopic (exact) mass is 682 g/mol. The molecular weight excluding hydrogens is 629 g/mol. The van der Waals surface area contributed by atoms with E-state index in [4.69, 9.17) is 17.2 Å². The van der Waals surface area contributed by atoms with E-state index in [1.807, 2.05) is 64.2 Å². The Hall–Kier alpha value is -4.16. The zero-order valence-corrected chi connectivity index (χ0v) is 29.8. The molecule has 2 heterocycles. The highest BCUT2D eigenvalue weighted by Crippen LogP contribution is 2.34. The molecule has 8 N–H and O–H groups in total. The van der Waals surface area contributed by atoms with Gasteiger partial charge in [-0.05, 0) is 90.7 Å². The van der Waals surface area contributed by atoms with Gasteiger partial charge in [-0.2, -0.15) is 18.2 Å². The van der Waals surface area contributed by atoms with E-state index in [1.54, 1.807) is 4.57 Å². The molecule has 0 aliphatic heterocycles. The Balaban J connectivity index is 0.000000286. The quantitative estimate of drug-likeness (QED) is 0.0712. The van der Waals surface area contributed by atoms with Crippen LogP contribution in [0.15, 0.2) is 64.5 Å². The molecule has 0 unspecified atom stereocenters. The highest BCUT2D eigenvalue weighted by molar-refractivity contribution is 5.76. The Morgan fingerprint density at radius 1 is 0.959 bits per heavy atom. The van der Waals surface area contributed by atoms with Crippen LogP contribution < -0.4 is 28.2 Å². The summed E-state index contributed by atoms with van der Waals surface area (Å²) < 4.78 is 40.5. The predicted molar refractivity (Wildman–Crippen MR) is 194 cm³/mol. The molecule has 0 aliphatic carbocycles. The first-order chi connectivity index (χ1) is 22.8. The van der Waals surface area contributed by atoms with Gasteiger partial charge in [0.05, 0.1) is 11.3 Å². The van der Waals surface area contributed by atoms with Crippen molar-refractivity contribution in [2.24, 2.45) is 28.1 Å². The number of aryl methyl sites for hydroxylation is 1. The number of nitrogens with two attached hydrogens (primary N) is 3. The number of fused-ring (bicyclic) bond motifs is 1. The van der Waals surface area contributed by atoms with E-state index in [-0.39, 0.29) is 22.5 Å². The minimum absolute atomic E-state index is 0.0352. The maximum absolute atomic E-state index is 13.0. The molecule has 1 atom stereocenters. The van der Waals surface area contributed by atoms with Crippen LogP contribution in [0.25, 0.3) is 16.7 Å². The van der Waals surface area contributed by atoms with Crippen molar-refractivity contribution in [2.45, 2.75) is 91.3 Å². The number of guanidine groups is 1. The van der Waals surface area contributed by atoms with E-state index < -0.39 is 11.7 Å². The van der Waals surface area contributed by atoms with Crippen LogP contribution in [0.4, 0.5) is 13.2 Å². The average molecular weight is 683 g/mol. The third-order valence-corrected chi connectivity index (χ3v) is 8.18. The summed E-state index contributed by atoms with van der Waals surface area (Å²) in [6.45, 7) is 16.9. The fourth-order valence-corrected chi connectivity index (χ4v) is 4.97. The molecule has 12 heteroatoms. The Kier molecular flexibility index (Phi) is 13.2. The Morgan fingerprint density at radius 2 is 1.61 bits per heavy atom. The second kappa shape index (κ2) is 16.5. The van der Waals surface area contributed by atoms with Gasteiger partial charge in [0.15, 0.2) is 5.96 Å². The molecule has 0 saturated carbocycles. The third kappa shape index (κ3) is 12.0. The highest BCUT2D eigenvalue weighted by Gasteiger charge is 2.32. The molecule has 0 fully saturated rings. The molecule has 4 rings (SSSR count). The maximum Gasteiger partial charge on any atom is 0.416 e. The fourth-order valence-electron chi connectivity index (χ4n) is 4.97. The van der Waals surface area contributed by atoms with Crippen molar-refractivity contribution < 1.29 is 13.2 Å². The number of aliphatic imine (C=N–C) groups is 1. The minimum Gasteiger partial charge on any atom is -0.370 e. The molecule has 2 aromatic heterocycles. The van der Waals surface area contributed by atoms with E-state index >= 15 is 0 Å². The number of hydrogen-bond donors (Lipinski definition) is 5. The number of nitrogens with zero attached hydrogens (tertiary/aromatic N) is 3. The van der Waals surface area contributed by atoms with Crippen LogP contribution >= 0.6 is 0 Å². The van der Waals surface area contributed by atoms with E-state index in [1.165, 1.54) is 12.1 Å². The van der Waals surface area contributed by atoms with Gasteiger partial charge in [-0.15, -0.1) is 0 Å². The number of H-pyrrole nitrogens is 1. The SMILES string of the molecule is CC(C)(C)c1cc2cn(-c3ccc(CNCCCN=C(N)N)cc3)c(=O)nc2[nH]1.C[C@@H](CN)CCc1cc(C(C)(C)C)cc(C(F)(F)F)c1. The molecule has 268 valence electrons. The van der Waals surface area contributed by atoms with Crippen molar-refractivity contribution in [3.8, 4) is 5.69 Å². The van der Waals surface area contributed by atoms with Crippen molar-refractivity contribution in [1.82, 2.24) is 19.9 Å². The molecule has 0 aliphatic rings. The van der Waals surface area contributed by atoms with Crippen molar-refractivity contribution in [2.75, 3.05) is 19.6 Å². The topological polar surface area (TPSA) is 153 Å². The zero-order chi connectivity index (χ0) is 36.6. The Morgan fingerprint density at radius 3 is 2.18 bits per heavy atom. The molecule has 0 bridgehead atoms. The first-order valence-electron chi connectivity index (χ1n) is 16.7. The number of hydrogen-bond acceptors (Lipinski definition) is 5. The number of nitrogens with one attached hydrogen (secondary N) is 2. The summed E-state index contributed by atoms with van der Waals surface area (Å²) in [7, 11) is 0. The number of rotatable bonds is 11. The molecule has 49 heavy (non-hydrogen) atoms. The van der Waals surface area contributed by atoms with E-state index in [0.29, 0.717) is 31.1 Å². The van der Waals surface area contributed by atoms with Gasteiger partial charge in [-0.1, -0.05) is 66.7 Å². The van der Waals surface area contributed by atoms with Crippen molar-refractivity contribution in [3.05, 3.63) is 93.2 Å². The summed E-state index contributed by atoms with van der Waals surface area (Å²) in [6, 6.07) is 14.3. The van der Waals surface area contributed by atoms with E-state index in [0.717, 1.165) is 59.4 Å². The van der Waals surface area contributed by atoms with Crippen LogP contribution in [0.5, 0.6) is 0 Å². The standard InChI is InChI=1S/C21H29N7O.C16H24F3N/c1-21(2,3)17-11-15-13-28(20(29)27-18(15)26-17)16-7-5-14(6-8-16)12-24-9-4-10-25-19(22)23;1-11(10-20)5-6-12-7-13(15(2,3)4)9-14(8-12)16(17,18)19/h5-8,11,13,24H,4,9-10,12H2,1-3H3,(H4,22,23,25)(H,26,27,29);7-9,11H,5-6,10,20H2,1-4H3/t;11-/m.1/s1. The number of aromatic nitrogens is 3. The largest absolute Gasteiger partial charge is 0.416 e. The lowest BCUT2D eigenvalue weighted by Gasteiger charge is -2.22. The van der Waals surface area contributed by atoms with Gasteiger partial charge < -0.3 is 27.5 Å². The van der Waals surface area contributed by atoms with Crippen LogP contribution in [-0.2, 0) is 30.0 Å². The van der Waals surface area contributed by atoms with Gasteiger partial charge in [0.25, 0.3) is 0 Å². The number of benzene rings is 2. The number of aromatic amines is 1. The average Bonchev–Trinajstić information content (AvgIpc) is 3.44. The molecule has 2 aromatic carbocycles. The fraction of sp³-hybridized carbons (Fsp3) is 0.486. The molecule has 0 amide bonds. The van der Waals surface area contributed by atoms with Crippen LogP contribution in [0.1, 0.15) is 89.3 Å². The second-order valence-electron chi connectivity index (χ2n) is 14.7. The third-order valence-electron chi connectivity index (χ3n) is 8.18. The van der Waals surface area contributed by atoms with E-state index in [2.05, 4.69) is 47.1 Å². The summed E-state index contributed by atoms with van der Waals surface area (Å²) >= 11 is 0. The number of halogens is 3. The van der Waals surface area contributed by atoms with Crippen LogP contribution in [0.3, 0.4) is 0 Å². The van der Waals surface area contributed by atoms with Crippen LogP contribution in [0.2, 0.25) is 0 Å². The highest BCUT2D eigenvalue weighted by atomic mass is 19.4. The summed E-state index contributed by atoms with van der Waals surface area (Å²) in [5.41, 5.74) is 20.0. The summed E-state index contributed by atoms with van der Waals surface area (Å²) in [5.74, 6) is 0.445. The predicted octanol–water partition coefficient (Wildman–Crippen LogP) is 6.29. The molecule has 0 spiro atoms. The molecule has 9 nitrogen and oxygen atoms in total. The summed E-state index contributed by atoms with van der Waals surface area (Å²) in [4.78, 5) is 23.9. The van der Waals surface area contributed by atoms with Crippen molar-refractivity contribution in [1.29, 1.82) is 0 Å². The normalized spacial score (nSPS) is 12.8. The van der Waals surface area contributed by atoms with Gasteiger partial charge in [0.2, 0.25) is 0 Å². The zero-order valence-electron chi connectivity index (χ0n) is 29.8. The smallest absolute Gasteiger partial charge is 0.370 e. The van der Waals surface area contributed by atoms with Gasteiger partial charge in [0, 0.05) is 35.8 Å². The lowest BCUT2D eigenvalue weighted by atomic mass is 9.84. The van der Waals surface area contributed by atoms with Gasteiger partial charge >= 0.3 is 11.9 Å². The summed E-state index contributed by atoms with van der Waals surface area (Å²) in [5, 5.41) is 4.27. The van der Waals surface area contributed by atoms with Gasteiger partial charge in [-0.3, -0.25) is 9.56 Å². The molecule has 4 aromatic rings. The van der Waals surface area contributed by atoms with E-state index in [9.17, 15) is 18.0 Å². The van der Waals surface area contributed by atoms with Crippen LogP contribution in [0, 0.1) is 5.92 Å².